The van der Waals surface area contributed by atoms with Crippen molar-refractivity contribution < 1.29 is 9.66 Å². The largest absolute Gasteiger partial charge is 0.355 e. The van der Waals surface area contributed by atoms with Crippen LogP contribution in [-0.2, 0) is 4.74 Å². The van der Waals surface area contributed by atoms with Crippen molar-refractivity contribution in [3.05, 3.63) is 40.1 Å². The minimum absolute atomic E-state index is 0.0532. The van der Waals surface area contributed by atoms with E-state index in [0.717, 1.165) is 25.0 Å². The van der Waals surface area contributed by atoms with Gasteiger partial charge in [-0.2, -0.15) is 0 Å². The molecule has 3 heterocycles. The van der Waals surface area contributed by atoms with Crippen molar-refractivity contribution in [3.8, 4) is 12.3 Å². The van der Waals surface area contributed by atoms with Crippen LogP contribution in [0.5, 0.6) is 0 Å². The zero-order valence-corrected chi connectivity index (χ0v) is 13.1. The number of hydrogen-bond donors (Lipinski definition) is 0. The Morgan fingerprint density at radius 1 is 1.48 bits per heavy atom. The lowest BCUT2D eigenvalue weighted by Crippen LogP contribution is -2.48. The topological polar surface area (TPSA) is 68.5 Å². The first-order chi connectivity index (χ1) is 11.0. The number of anilines is 1. The number of piperidine rings is 1. The summed E-state index contributed by atoms with van der Waals surface area (Å²) in [5, 5.41) is 11.2. The van der Waals surface area contributed by atoms with Gasteiger partial charge in [0.25, 0.3) is 0 Å². The summed E-state index contributed by atoms with van der Waals surface area (Å²) in [5.74, 6) is 3.07. The molecule has 6 nitrogen and oxygen atoms in total. The van der Waals surface area contributed by atoms with Crippen molar-refractivity contribution >= 4 is 11.5 Å². The Hall–Kier alpha value is -2.39. The van der Waals surface area contributed by atoms with Gasteiger partial charge in [-0.15, -0.1) is 6.42 Å². The van der Waals surface area contributed by atoms with Gasteiger partial charge in [0.1, 0.15) is 6.10 Å². The van der Waals surface area contributed by atoms with Gasteiger partial charge in [-0.1, -0.05) is 12.0 Å². The van der Waals surface area contributed by atoms with Crippen molar-refractivity contribution in [3.63, 3.8) is 0 Å². The van der Waals surface area contributed by atoms with Gasteiger partial charge in [-0.3, -0.25) is 10.1 Å². The van der Waals surface area contributed by atoms with Crippen molar-refractivity contribution in [1.82, 2.24) is 4.98 Å². The van der Waals surface area contributed by atoms with E-state index >= 15 is 0 Å². The molecule has 0 radical (unpaired) electrons. The minimum atomic E-state index is -0.375. The first kappa shape index (κ1) is 15.5. The van der Waals surface area contributed by atoms with Crippen LogP contribution in [0.4, 0.5) is 11.5 Å². The summed E-state index contributed by atoms with van der Waals surface area (Å²) in [7, 11) is 0. The summed E-state index contributed by atoms with van der Waals surface area (Å²) in [4.78, 5) is 17.2. The first-order valence-electron chi connectivity index (χ1n) is 7.71. The fourth-order valence-electron chi connectivity index (χ4n) is 3.21. The van der Waals surface area contributed by atoms with Crippen LogP contribution in [0.1, 0.15) is 25.0 Å². The van der Waals surface area contributed by atoms with Crippen molar-refractivity contribution in [2.45, 2.75) is 37.9 Å². The summed E-state index contributed by atoms with van der Waals surface area (Å²) >= 11 is 0. The molecule has 0 amide bonds. The molecule has 120 valence electrons. The molecule has 1 fully saturated rings. The standard InChI is InChI=1S/C17H19N3O3/c1-3-14-5-4-8-17(23-14)9-11-19(12-10-17)16-15(20(21)22)7-6-13(2)18-16/h1,4-7,14H,8-12H2,2H3. The monoisotopic (exact) mass is 313 g/mol. The lowest BCUT2D eigenvalue weighted by Gasteiger charge is -2.43. The van der Waals surface area contributed by atoms with E-state index in [4.69, 9.17) is 11.2 Å². The molecule has 0 N–H and O–H groups in total. The molecule has 1 aromatic heterocycles. The molecule has 3 rings (SSSR count). The summed E-state index contributed by atoms with van der Waals surface area (Å²) < 4.78 is 6.05. The minimum Gasteiger partial charge on any atom is -0.355 e. The average Bonchev–Trinajstić information content (AvgIpc) is 2.55. The molecule has 1 atom stereocenters. The van der Waals surface area contributed by atoms with Crippen LogP contribution < -0.4 is 4.90 Å². The molecule has 1 unspecified atom stereocenters. The van der Waals surface area contributed by atoms with Crippen molar-refractivity contribution in [2.75, 3.05) is 18.0 Å². The van der Waals surface area contributed by atoms with Crippen LogP contribution in [0.2, 0.25) is 0 Å². The summed E-state index contributed by atoms with van der Waals surface area (Å²) in [6.07, 6.45) is 11.6. The Morgan fingerprint density at radius 3 is 2.87 bits per heavy atom. The van der Waals surface area contributed by atoms with E-state index < -0.39 is 0 Å². The Balaban J connectivity index is 1.78. The van der Waals surface area contributed by atoms with Crippen molar-refractivity contribution in [2.24, 2.45) is 0 Å². The number of nitrogens with zero attached hydrogens (tertiary/aromatic N) is 3. The quantitative estimate of drug-likeness (QED) is 0.363. The van der Waals surface area contributed by atoms with Crippen LogP contribution in [0.3, 0.4) is 0 Å². The van der Waals surface area contributed by atoms with Gasteiger partial charge in [0.05, 0.1) is 10.5 Å². The molecule has 0 bridgehead atoms. The Bertz CT molecular complexity index is 685. The summed E-state index contributed by atoms with van der Waals surface area (Å²) in [6.45, 7) is 3.18. The molecule has 2 aliphatic heterocycles. The van der Waals surface area contributed by atoms with E-state index in [-0.39, 0.29) is 22.3 Å². The molecule has 6 heteroatoms. The molecule has 1 spiro atoms. The Labute approximate surface area is 135 Å². The summed E-state index contributed by atoms with van der Waals surface area (Å²) in [5.41, 5.74) is 0.577. The normalized spacial score (nSPS) is 22.8. The number of ether oxygens (including phenoxy) is 1. The second-order valence-electron chi connectivity index (χ2n) is 6.06. The Morgan fingerprint density at radius 2 is 2.22 bits per heavy atom. The fraction of sp³-hybridized carbons (Fsp3) is 0.471. The number of aromatic nitrogens is 1. The molecule has 0 saturated carbocycles. The van der Waals surface area contributed by atoms with Gasteiger partial charge in [0, 0.05) is 24.8 Å². The average molecular weight is 313 g/mol. The van der Waals surface area contributed by atoms with Crippen molar-refractivity contribution in [1.29, 1.82) is 0 Å². The first-order valence-corrected chi connectivity index (χ1v) is 7.71. The zero-order valence-electron chi connectivity index (χ0n) is 13.1. The molecular weight excluding hydrogens is 294 g/mol. The number of rotatable bonds is 2. The molecular formula is C17H19N3O3. The zero-order chi connectivity index (χ0) is 16.4. The maximum atomic E-state index is 11.2. The van der Waals surface area contributed by atoms with Crippen LogP contribution in [-0.4, -0.2) is 34.7 Å². The third-order valence-corrected chi connectivity index (χ3v) is 4.51. The molecule has 2 aliphatic rings. The highest BCUT2D eigenvalue weighted by Gasteiger charge is 2.39. The third-order valence-electron chi connectivity index (χ3n) is 4.51. The molecule has 0 aliphatic carbocycles. The number of nitro groups is 1. The molecule has 1 saturated heterocycles. The van der Waals surface area contributed by atoms with E-state index in [2.05, 4.69) is 17.0 Å². The number of aryl methyl sites for hydroxylation is 1. The second-order valence-corrected chi connectivity index (χ2v) is 6.06. The molecule has 1 aromatic rings. The predicted molar refractivity (Wildman–Crippen MR) is 87.3 cm³/mol. The maximum absolute atomic E-state index is 11.2. The number of terminal acetylenes is 1. The van der Waals surface area contributed by atoms with Gasteiger partial charge in [0.15, 0.2) is 0 Å². The highest BCUT2D eigenvalue weighted by atomic mass is 16.6. The van der Waals surface area contributed by atoms with Gasteiger partial charge in [-0.05, 0) is 38.3 Å². The maximum Gasteiger partial charge on any atom is 0.311 e. The van der Waals surface area contributed by atoms with Gasteiger partial charge in [-0.25, -0.2) is 4.98 Å². The molecule has 0 aromatic carbocycles. The number of pyridine rings is 1. The van der Waals surface area contributed by atoms with Crippen LogP contribution >= 0.6 is 0 Å². The van der Waals surface area contributed by atoms with E-state index in [9.17, 15) is 10.1 Å². The second kappa shape index (κ2) is 6.01. The van der Waals surface area contributed by atoms with Crippen LogP contribution in [0, 0.1) is 29.4 Å². The summed E-state index contributed by atoms with van der Waals surface area (Å²) in [6, 6.07) is 3.19. The predicted octanol–water partition coefficient (Wildman–Crippen LogP) is 2.62. The lowest BCUT2D eigenvalue weighted by molar-refractivity contribution is -0.384. The van der Waals surface area contributed by atoms with E-state index in [0.29, 0.717) is 18.9 Å². The SMILES string of the molecule is C#CC1C=CCC2(CCN(c3nc(C)ccc3[N+](=O)[O-])CC2)O1. The van der Waals surface area contributed by atoms with Crippen LogP contribution in [0.25, 0.3) is 0 Å². The smallest absolute Gasteiger partial charge is 0.311 e. The lowest BCUT2D eigenvalue weighted by atomic mass is 9.85. The highest BCUT2D eigenvalue weighted by Crippen LogP contribution is 2.37. The van der Waals surface area contributed by atoms with E-state index in [1.807, 2.05) is 17.9 Å². The van der Waals surface area contributed by atoms with Gasteiger partial charge in [0.2, 0.25) is 5.82 Å². The molecule has 23 heavy (non-hydrogen) atoms. The Kier molecular flexibility index (Phi) is 4.05. The van der Waals surface area contributed by atoms with Gasteiger partial charge >= 0.3 is 5.69 Å². The van der Waals surface area contributed by atoms with Gasteiger partial charge < -0.3 is 9.64 Å². The fourth-order valence-corrected chi connectivity index (χ4v) is 3.21. The number of hydrogen-bond acceptors (Lipinski definition) is 5. The third kappa shape index (κ3) is 3.06. The van der Waals surface area contributed by atoms with E-state index in [1.165, 1.54) is 6.07 Å². The van der Waals surface area contributed by atoms with Crippen LogP contribution in [0.15, 0.2) is 24.3 Å². The van der Waals surface area contributed by atoms with E-state index in [1.54, 1.807) is 6.07 Å². The highest BCUT2D eigenvalue weighted by molar-refractivity contribution is 5.58.